The van der Waals surface area contributed by atoms with Gasteiger partial charge in [-0.1, -0.05) is 32.4 Å². The third-order valence-electron chi connectivity index (χ3n) is 5.14. The van der Waals surface area contributed by atoms with Crippen LogP contribution >= 0.6 is 0 Å². The second-order valence-corrected chi connectivity index (χ2v) is 9.42. The molecule has 1 saturated heterocycles. The third-order valence-corrected chi connectivity index (χ3v) is 6.92. The van der Waals surface area contributed by atoms with Gasteiger partial charge in [-0.2, -0.15) is 4.31 Å². The van der Waals surface area contributed by atoms with E-state index in [9.17, 15) is 13.2 Å². The number of ether oxygens (including phenoxy) is 1. The van der Waals surface area contributed by atoms with Crippen LogP contribution in [0, 0.1) is 5.92 Å². The molecule has 1 atom stereocenters. The molecule has 3 rings (SSSR count). The SMILES string of the molecule is COc1ccc(C(NC(=O)c2ccc(S(=O)(=O)N3CCCCC3)o2)C(C)C)cc1. The van der Waals surface area contributed by atoms with Crippen molar-refractivity contribution in [2.75, 3.05) is 20.2 Å². The van der Waals surface area contributed by atoms with Crippen molar-refractivity contribution < 1.29 is 22.4 Å². The molecule has 1 aliphatic rings. The second-order valence-electron chi connectivity index (χ2n) is 7.55. The normalized spacial score (nSPS) is 16.6. The first-order valence-corrected chi connectivity index (χ1v) is 11.3. The molecule has 158 valence electrons. The number of nitrogens with one attached hydrogen (secondary N) is 1. The average Bonchev–Trinajstić information content (AvgIpc) is 3.24. The smallest absolute Gasteiger partial charge is 0.287 e. The van der Waals surface area contributed by atoms with Gasteiger partial charge in [-0.05, 0) is 48.6 Å². The fourth-order valence-electron chi connectivity index (χ4n) is 3.47. The van der Waals surface area contributed by atoms with Gasteiger partial charge in [0.25, 0.3) is 15.9 Å². The lowest BCUT2D eigenvalue weighted by atomic mass is 9.96. The molecule has 1 aromatic carbocycles. The maximum atomic E-state index is 12.7. The van der Waals surface area contributed by atoms with E-state index in [4.69, 9.17) is 9.15 Å². The summed E-state index contributed by atoms with van der Waals surface area (Å²) in [6.07, 6.45) is 2.70. The van der Waals surface area contributed by atoms with Gasteiger partial charge in [0.05, 0.1) is 13.2 Å². The Bertz CT molecular complexity index is 928. The van der Waals surface area contributed by atoms with Crippen LogP contribution in [-0.4, -0.2) is 38.8 Å². The van der Waals surface area contributed by atoms with Gasteiger partial charge in [0.15, 0.2) is 5.76 Å². The minimum Gasteiger partial charge on any atom is -0.497 e. The maximum Gasteiger partial charge on any atom is 0.287 e. The molecular weight excluding hydrogens is 392 g/mol. The lowest BCUT2D eigenvalue weighted by molar-refractivity contribution is 0.0891. The minimum atomic E-state index is -3.71. The molecule has 1 unspecified atom stereocenters. The van der Waals surface area contributed by atoms with E-state index in [2.05, 4.69) is 5.32 Å². The van der Waals surface area contributed by atoms with Gasteiger partial charge >= 0.3 is 0 Å². The first-order chi connectivity index (χ1) is 13.8. The van der Waals surface area contributed by atoms with E-state index >= 15 is 0 Å². The Morgan fingerprint density at radius 1 is 1.07 bits per heavy atom. The summed E-state index contributed by atoms with van der Waals surface area (Å²) < 4.78 is 37.5. The van der Waals surface area contributed by atoms with Crippen molar-refractivity contribution in [3.63, 3.8) is 0 Å². The van der Waals surface area contributed by atoms with Crippen molar-refractivity contribution in [1.82, 2.24) is 9.62 Å². The minimum absolute atomic E-state index is 0.0141. The standard InChI is InChI=1S/C21H28N2O5S/c1-15(2)20(16-7-9-17(27-3)10-8-16)22-21(24)18-11-12-19(28-18)29(25,26)23-13-5-4-6-14-23/h7-12,15,20H,4-6,13-14H2,1-3H3,(H,22,24). The maximum absolute atomic E-state index is 12.7. The largest absolute Gasteiger partial charge is 0.497 e. The van der Waals surface area contributed by atoms with Crippen molar-refractivity contribution in [1.29, 1.82) is 0 Å². The molecule has 8 heteroatoms. The van der Waals surface area contributed by atoms with Crippen molar-refractivity contribution >= 4 is 15.9 Å². The summed E-state index contributed by atoms with van der Waals surface area (Å²) in [6, 6.07) is 10.0. The predicted molar refractivity (Wildman–Crippen MR) is 109 cm³/mol. The summed E-state index contributed by atoms with van der Waals surface area (Å²) in [6.45, 7) is 4.97. The van der Waals surface area contributed by atoms with Gasteiger partial charge < -0.3 is 14.5 Å². The number of sulfonamides is 1. The topological polar surface area (TPSA) is 88.8 Å². The van der Waals surface area contributed by atoms with Crippen molar-refractivity contribution in [3.8, 4) is 5.75 Å². The number of benzene rings is 1. The molecule has 1 amide bonds. The molecule has 2 heterocycles. The number of methoxy groups -OCH3 is 1. The van der Waals surface area contributed by atoms with Crippen molar-refractivity contribution in [2.24, 2.45) is 5.92 Å². The van der Waals surface area contributed by atoms with E-state index in [1.165, 1.54) is 16.4 Å². The summed E-state index contributed by atoms with van der Waals surface area (Å²) in [5.74, 6) is 0.402. The van der Waals surface area contributed by atoms with E-state index < -0.39 is 15.9 Å². The molecular formula is C21H28N2O5S. The number of carbonyl (C=O) groups excluding carboxylic acids is 1. The van der Waals surface area contributed by atoms with Crippen LogP contribution in [0.15, 0.2) is 45.9 Å². The first-order valence-electron chi connectivity index (χ1n) is 9.87. The zero-order chi connectivity index (χ0) is 21.0. The lowest BCUT2D eigenvalue weighted by Gasteiger charge is -2.24. The molecule has 0 radical (unpaired) electrons. The Kier molecular flexibility index (Phi) is 6.64. The van der Waals surface area contributed by atoms with Gasteiger partial charge in [-0.3, -0.25) is 4.79 Å². The molecule has 1 aliphatic heterocycles. The zero-order valence-electron chi connectivity index (χ0n) is 17.1. The molecule has 0 bridgehead atoms. The number of hydrogen-bond acceptors (Lipinski definition) is 5. The Balaban J connectivity index is 1.75. The molecule has 0 spiro atoms. The highest BCUT2D eigenvalue weighted by Gasteiger charge is 2.30. The van der Waals surface area contributed by atoms with Crippen LogP contribution in [0.3, 0.4) is 0 Å². The first kappa shape index (κ1) is 21.4. The summed E-state index contributed by atoms with van der Waals surface area (Å²) in [7, 11) is -2.11. The van der Waals surface area contributed by atoms with Crippen LogP contribution in [0.1, 0.15) is 55.3 Å². The van der Waals surface area contributed by atoms with E-state index in [-0.39, 0.29) is 22.8 Å². The highest BCUT2D eigenvalue weighted by Crippen LogP contribution is 2.26. The number of hydrogen-bond donors (Lipinski definition) is 1. The van der Waals surface area contributed by atoms with Crippen LogP contribution < -0.4 is 10.1 Å². The monoisotopic (exact) mass is 420 g/mol. The van der Waals surface area contributed by atoms with Crippen LogP contribution in [0.2, 0.25) is 0 Å². The molecule has 29 heavy (non-hydrogen) atoms. The second kappa shape index (κ2) is 9.00. The van der Waals surface area contributed by atoms with E-state index in [1.54, 1.807) is 7.11 Å². The number of nitrogens with zero attached hydrogens (tertiary/aromatic N) is 1. The Hall–Kier alpha value is -2.32. The van der Waals surface area contributed by atoms with Crippen LogP contribution in [-0.2, 0) is 10.0 Å². The van der Waals surface area contributed by atoms with Crippen LogP contribution in [0.25, 0.3) is 0 Å². The highest BCUT2D eigenvalue weighted by molar-refractivity contribution is 7.89. The zero-order valence-corrected chi connectivity index (χ0v) is 17.9. The fourth-order valence-corrected chi connectivity index (χ4v) is 4.90. The molecule has 1 aromatic heterocycles. The lowest BCUT2D eigenvalue weighted by Crippen LogP contribution is -2.35. The van der Waals surface area contributed by atoms with Gasteiger partial charge in [-0.25, -0.2) is 8.42 Å². The Morgan fingerprint density at radius 2 is 1.72 bits per heavy atom. The number of rotatable bonds is 7. The molecule has 0 saturated carbocycles. The Morgan fingerprint density at radius 3 is 2.31 bits per heavy atom. The third kappa shape index (κ3) is 4.82. The molecule has 1 N–H and O–H groups in total. The van der Waals surface area contributed by atoms with Gasteiger partial charge in [0, 0.05) is 13.1 Å². The van der Waals surface area contributed by atoms with Gasteiger partial charge in [0.1, 0.15) is 5.75 Å². The summed E-state index contributed by atoms with van der Waals surface area (Å²) in [4.78, 5) is 12.7. The number of carbonyl (C=O) groups is 1. The molecule has 0 aliphatic carbocycles. The molecule has 2 aromatic rings. The number of furan rings is 1. The Labute approximate surface area is 172 Å². The summed E-state index contributed by atoms with van der Waals surface area (Å²) in [5, 5.41) is 2.76. The summed E-state index contributed by atoms with van der Waals surface area (Å²) >= 11 is 0. The van der Waals surface area contributed by atoms with E-state index in [0.717, 1.165) is 30.6 Å². The molecule has 1 fully saturated rings. The summed E-state index contributed by atoms with van der Waals surface area (Å²) in [5.41, 5.74) is 0.932. The van der Waals surface area contributed by atoms with E-state index in [0.29, 0.717) is 13.1 Å². The van der Waals surface area contributed by atoms with Gasteiger partial charge in [-0.15, -0.1) is 0 Å². The van der Waals surface area contributed by atoms with Crippen molar-refractivity contribution in [2.45, 2.75) is 44.2 Å². The van der Waals surface area contributed by atoms with Crippen LogP contribution in [0.4, 0.5) is 0 Å². The number of amides is 1. The number of piperidine rings is 1. The highest BCUT2D eigenvalue weighted by atomic mass is 32.2. The van der Waals surface area contributed by atoms with E-state index in [1.807, 2.05) is 38.1 Å². The molecule has 7 nitrogen and oxygen atoms in total. The van der Waals surface area contributed by atoms with Crippen LogP contribution in [0.5, 0.6) is 5.75 Å². The quantitative estimate of drug-likeness (QED) is 0.739. The average molecular weight is 421 g/mol. The van der Waals surface area contributed by atoms with Crippen molar-refractivity contribution in [3.05, 3.63) is 47.7 Å². The fraction of sp³-hybridized carbons (Fsp3) is 0.476. The van der Waals surface area contributed by atoms with Gasteiger partial charge in [0.2, 0.25) is 5.09 Å². The predicted octanol–water partition coefficient (Wildman–Crippen LogP) is 3.59.